The van der Waals surface area contributed by atoms with Crippen LogP contribution in [0.2, 0.25) is 18.1 Å². The lowest BCUT2D eigenvalue weighted by Gasteiger charge is -2.37. The third-order valence-electron chi connectivity index (χ3n) is 3.25. The maximum Gasteiger partial charge on any atom is 0.192 e. The highest BCUT2D eigenvalue weighted by Gasteiger charge is 2.38. The molecule has 0 unspecified atom stereocenters. The Balaban J connectivity index is 4.25. The van der Waals surface area contributed by atoms with E-state index in [2.05, 4.69) is 49.8 Å². The van der Waals surface area contributed by atoms with Crippen molar-refractivity contribution in [2.24, 2.45) is 0 Å². The van der Waals surface area contributed by atoms with Crippen molar-refractivity contribution in [2.45, 2.75) is 62.9 Å². The summed E-state index contributed by atoms with van der Waals surface area (Å²) in [5.74, 6) is 0. The molecular formula is C11H25BrO3Si. The lowest BCUT2D eigenvalue weighted by Crippen LogP contribution is -2.44. The van der Waals surface area contributed by atoms with Gasteiger partial charge in [-0.25, -0.2) is 0 Å². The number of hydrogen-bond acceptors (Lipinski definition) is 3. The van der Waals surface area contributed by atoms with Crippen molar-refractivity contribution < 1.29 is 14.6 Å². The fourth-order valence-electron chi connectivity index (χ4n) is 0.924. The molecule has 0 aliphatic rings. The van der Waals surface area contributed by atoms with E-state index in [4.69, 9.17) is 4.43 Å². The maximum atomic E-state index is 9.81. The van der Waals surface area contributed by atoms with Gasteiger partial charge in [0.05, 0.1) is 23.6 Å². The highest BCUT2D eigenvalue weighted by Crippen LogP contribution is 2.36. The number of rotatable bonds is 5. The first-order chi connectivity index (χ1) is 6.99. The molecule has 0 aromatic rings. The average molecular weight is 313 g/mol. The summed E-state index contributed by atoms with van der Waals surface area (Å²) < 4.78 is 5.87. The van der Waals surface area contributed by atoms with Crippen molar-refractivity contribution >= 4 is 24.2 Å². The second-order valence-electron chi connectivity index (χ2n) is 5.82. The Kier molecular flexibility index (Phi) is 6.17. The van der Waals surface area contributed by atoms with E-state index in [0.717, 1.165) is 0 Å². The van der Waals surface area contributed by atoms with Gasteiger partial charge in [-0.15, -0.1) is 0 Å². The van der Waals surface area contributed by atoms with Gasteiger partial charge in [-0.05, 0) is 25.1 Å². The number of aliphatic hydroxyl groups excluding tert-OH is 2. The van der Waals surface area contributed by atoms with Crippen LogP contribution in [0.1, 0.15) is 27.7 Å². The molecule has 0 aromatic carbocycles. The largest absolute Gasteiger partial charge is 0.414 e. The standard InChI is InChI=1S/C11H25BrO3Si/c1-8(13)10(12)9(14)7-15-16(5,6)11(2,3)4/h8-10,13-14H,7H2,1-6H3/t8-,9-,10+/m0/s1. The summed E-state index contributed by atoms with van der Waals surface area (Å²) in [6.45, 7) is 12.7. The van der Waals surface area contributed by atoms with E-state index in [9.17, 15) is 10.2 Å². The Morgan fingerprint density at radius 1 is 1.25 bits per heavy atom. The van der Waals surface area contributed by atoms with Crippen LogP contribution in [0, 0.1) is 0 Å². The lowest BCUT2D eigenvalue weighted by molar-refractivity contribution is 0.0604. The third kappa shape index (κ3) is 4.83. The van der Waals surface area contributed by atoms with Crippen LogP contribution in [0.4, 0.5) is 0 Å². The maximum absolute atomic E-state index is 9.81. The van der Waals surface area contributed by atoms with Gasteiger partial charge in [-0.2, -0.15) is 0 Å². The molecule has 0 heterocycles. The second-order valence-corrected chi connectivity index (χ2v) is 11.7. The zero-order valence-corrected chi connectivity index (χ0v) is 13.7. The van der Waals surface area contributed by atoms with Crippen LogP contribution >= 0.6 is 15.9 Å². The molecule has 0 spiro atoms. The highest BCUT2D eigenvalue weighted by molar-refractivity contribution is 9.09. The minimum atomic E-state index is -1.81. The van der Waals surface area contributed by atoms with Gasteiger partial charge in [0.15, 0.2) is 8.32 Å². The third-order valence-corrected chi connectivity index (χ3v) is 9.13. The van der Waals surface area contributed by atoms with Crippen LogP contribution in [-0.4, -0.2) is 42.2 Å². The summed E-state index contributed by atoms with van der Waals surface area (Å²) in [5.41, 5.74) is 0. The van der Waals surface area contributed by atoms with E-state index in [1.54, 1.807) is 6.92 Å². The minimum absolute atomic E-state index is 0.138. The van der Waals surface area contributed by atoms with Gasteiger partial charge >= 0.3 is 0 Å². The van der Waals surface area contributed by atoms with E-state index >= 15 is 0 Å². The fraction of sp³-hybridized carbons (Fsp3) is 1.00. The van der Waals surface area contributed by atoms with E-state index in [1.165, 1.54) is 0 Å². The van der Waals surface area contributed by atoms with Crippen LogP contribution in [0.3, 0.4) is 0 Å². The van der Waals surface area contributed by atoms with Crippen molar-refractivity contribution in [2.75, 3.05) is 6.61 Å². The first-order valence-electron chi connectivity index (χ1n) is 5.63. The van der Waals surface area contributed by atoms with Crippen molar-refractivity contribution in [3.63, 3.8) is 0 Å². The van der Waals surface area contributed by atoms with E-state index < -0.39 is 20.5 Å². The molecule has 0 rings (SSSR count). The Hall–Kier alpha value is 0.577. The second kappa shape index (κ2) is 5.95. The molecule has 0 radical (unpaired) electrons. The molecule has 0 aliphatic carbocycles. The summed E-state index contributed by atoms with van der Waals surface area (Å²) in [5, 5.41) is 19.3. The summed E-state index contributed by atoms with van der Waals surface area (Å²) in [6.07, 6.45) is -1.26. The summed E-state index contributed by atoms with van der Waals surface area (Å²) >= 11 is 3.26. The monoisotopic (exact) mass is 312 g/mol. The molecule has 5 heteroatoms. The number of hydrogen-bond donors (Lipinski definition) is 2. The van der Waals surface area contributed by atoms with E-state index in [0.29, 0.717) is 0 Å². The lowest BCUT2D eigenvalue weighted by atomic mass is 10.2. The van der Waals surface area contributed by atoms with Gasteiger partial charge in [0.2, 0.25) is 0 Å². The van der Waals surface area contributed by atoms with Crippen molar-refractivity contribution in [1.29, 1.82) is 0 Å². The molecule has 3 nitrogen and oxygen atoms in total. The Morgan fingerprint density at radius 2 is 1.69 bits per heavy atom. The van der Waals surface area contributed by atoms with Crippen LogP contribution in [0.5, 0.6) is 0 Å². The van der Waals surface area contributed by atoms with Gasteiger partial charge in [-0.1, -0.05) is 36.7 Å². The number of halogens is 1. The topological polar surface area (TPSA) is 49.7 Å². The molecular weight excluding hydrogens is 288 g/mol. The summed E-state index contributed by atoms with van der Waals surface area (Å²) in [7, 11) is -1.81. The molecule has 3 atom stereocenters. The molecule has 0 aliphatic heterocycles. The molecule has 2 N–H and O–H groups in total. The van der Waals surface area contributed by atoms with Crippen LogP contribution in [-0.2, 0) is 4.43 Å². The molecule has 0 aromatic heterocycles. The Bertz CT molecular complexity index is 214. The van der Waals surface area contributed by atoms with Gasteiger partial charge in [0.25, 0.3) is 0 Å². The van der Waals surface area contributed by atoms with Gasteiger partial charge in [-0.3, -0.25) is 0 Å². The number of alkyl halides is 1. The SMILES string of the molecule is C[C@H](O)[C@@H](Br)[C@@H](O)CO[Si](C)(C)C(C)(C)C. The van der Waals surface area contributed by atoms with E-state index in [1.807, 2.05) is 0 Å². The average Bonchev–Trinajstić information content (AvgIpc) is 2.11. The molecule has 0 saturated heterocycles. The normalized spacial score (nSPS) is 19.3. The molecule has 0 saturated carbocycles. The minimum Gasteiger partial charge on any atom is -0.414 e. The summed E-state index contributed by atoms with van der Waals surface area (Å²) in [4.78, 5) is -0.336. The van der Waals surface area contributed by atoms with Crippen molar-refractivity contribution in [3.05, 3.63) is 0 Å². The smallest absolute Gasteiger partial charge is 0.192 e. The van der Waals surface area contributed by atoms with Crippen LogP contribution in [0.25, 0.3) is 0 Å². The van der Waals surface area contributed by atoms with Crippen LogP contribution in [0.15, 0.2) is 0 Å². The Morgan fingerprint density at radius 3 is 2.00 bits per heavy atom. The molecule has 0 amide bonds. The molecule has 98 valence electrons. The summed E-state index contributed by atoms with van der Waals surface area (Å²) in [6, 6.07) is 0. The van der Waals surface area contributed by atoms with Gasteiger partial charge in [0, 0.05) is 0 Å². The molecule has 0 bridgehead atoms. The Labute approximate surface area is 108 Å². The predicted octanol–water partition coefficient (Wildman–Crippen LogP) is 2.51. The molecule has 0 fully saturated rings. The number of aliphatic hydroxyl groups is 2. The van der Waals surface area contributed by atoms with Gasteiger partial charge < -0.3 is 14.6 Å². The zero-order chi connectivity index (χ0) is 13.1. The first-order valence-corrected chi connectivity index (χ1v) is 9.45. The predicted molar refractivity (Wildman–Crippen MR) is 73.6 cm³/mol. The first kappa shape index (κ1) is 16.6. The fourth-order valence-corrected chi connectivity index (χ4v) is 2.10. The molecule has 16 heavy (non-hydrogen) atoms. The van der Waals surface area contributed by atoms with Gasteiger partial charge in [0.1, 0.15) is 0 Å². The van der Waals surface area contributed by atoms with Crippen LogP contribution < -0.4 is 0 Å². The van der Waals surface area contributed by atoms with Crippen molar-refractivity contribution in [1.82, 2.24) is 0 Å². The van der Waals surface area contributed by atoms with E-state index in [-0.39, 0.29) is 16.5 Å². The highest BCUT2D eigenvalue weighted by atomic mass is 79.9. The zero-order valence-electron chi connectivity index (χ0n) is 11.1. The quantitative estimate of drug-likeness (QED) is 0.606. The van der Waals surface area contributed by atoms with Crippen molar-refractivity contribution in [3.8, 4) is 0 Å².